The minimum absolute atomic E-state index is 0.491. The normalized spacial score (nSPS) is 10.5. The molecular formula is C22H23N3O. The highest BCUT2D eigenvalue weighted by Crippen LogP contribution is 2.26. The van der Waals surface area contributed by atoms with Crippen molar-refractivity contribution in [2.24, 2.45) is 5.73 Å². The number of rotatable bonds is 6. The van der Waals surface area contributed by atoms with Crippen LogP contribution in [-0.4, -0.2) is 11.0 Å². The van der Waals surface area contributed by atoms with E-state index < -0.39 is 6.03 Å². The zero-order valence-electron chi connectivity index (χ0n) is 14.9. The smallest absolute Gasteiger partial charge is 0.323 e. The average molecular weight is 345 g/mol. The van der Waals surface area contributed by atoms with Crippen molar-refractivity contribution < 1.29 is 4.79 Å². The number of hydrogen-bond acceptors (Lipinski definition) is 2. The van der Waals surface area contributed by atoms with Gasteiger partial charge < -0.3 is 5.73 Å². The standard InChI is InChI=1S/C22H23N3O/c1-2-3-17-4-8-20(9-5-17)25(22(23)26)21-10-6-18(7-11-21)16-19-12-14-24-15-13-19/h4-15H,2-3,16H2,1H3,(H2,23,26). The van der Waals surface area contributed by atoms with Crippen LogP contribution in [0.1, 0.15) is 30.0 Å². The molecule has 0 atom stereocenters. The summed E-state index contributed by atoms with van der Waals surface area (Å²) >= 11 is 0. The lowest BCUT2D eigenvalue weighted by molar-refractivity contribution is 0.256. The van der Waals surface area contributed by atoms with Gasteiger partial charge in [0.25, 0.3) is 0 Å². The molecule has 0 aliphatic rings. The van der Waals surface area contributed by atoms with E-state index in [1.165, 1.54) is 21.6 Å². The minimum Gasteiger partial charge on any atom is -0.351 e. The quantitative estimate of drug-likeness (QED) is 0.695. The molecule has 2 aromatic carbocycles. The molecule has 0 saturated heterocycles. The van der Waals surface area contributed by atoms with Gasteiger partial charge in [0.15, 0.2) is 0 Å². The molecular weight excluding hydrogens is 322 g/mol. The van der Waals surface area contributed by atoms with Gasteiger partial charge in [-0.15, -0.1) is 0 Å². The number of carbonyl (C=O) groups is 1. The Hall–Kier alpha value is -3.14. The molecule has 1 aromatic heterocycles. The number of pyridine rings is 1. The first-order chi connectivity index (χ1) is 12.7. The molecule has 2 N–H and O–H groups in total. The second kappa shape index (κ2) is 8.30. The second-order valence-electron chi connectivity index (χ2n) is 6.29. The first-order valence-electron chi connectivity index (χ1n) is 8.83. The fourth-order valence-electron chi connectivity index (χ4n) is 3.00. The number of anilines is 2. The Kier molecular flexibility index (Phi) is 5.64. The van der Waals surface area contributed by atoms with Crippen molar-refractivity contribution in [3.8, 4) is 0 Å². The number of primary amides is 1. The van der Waals surface area contributed by atoms with E-state index in [1.54, 1.807) is 12.4 Å². The first-order valence-corrected chi connectivity index (χ1v) is 8.83. The third kappa shape index (κ3) is 4.28. The van der Waals surface area contributed by atoms with E-state index in [0.29, 0.717) is 0 Å². The summed E-state index contributed by atoms with van der Waals surface area (Å²) in [5, 5.41) is 0. The molecule has 4 heteroatoms. The highest BCUT2D eigenvalue weighted by molar-refractivity contribution is 5.98. The van der Waals surface area contributed by atoms with Gasteiger partial charge in [-0.05, 0) is 65.9 Å². The van der Waals surface area contributed by atoms with Crippen molar-refractivity contribution in [3.05, 3.63) is 89.7 Å². The highest BCUT2D eigenvalue weighted by atomic mass is 16.2. The van der Waals surface area contributed by atoms with Gasteiger partial charge in [0.2, 0.25) is 0 Å². The molecule has 0 saturated carbocycles. The monoisotopic (exact) mass is 345 g/mol. The fourth-order valence-corrected chi connectivity index (χ4v) is 3.00. The number of benzene rings is 2. The molecule has 4 nitrogen and oxygen atoms in total. The lowest BCUT2D eigenvalue weighted by Gasteiger charge is -2.21. The number of carbonyl (C=O) groups excluding carboxylic acids is 1. The number of nitrogens with zero attached hydrogens (tertiary/aromatic N) is 2. The SMILES string of the molecule is CCCc1ccc(N(C(N)=O)c2ccc(Cc3ccncc3)cc2)cc1. The number of aromatic nitrogens is 1. The lowest BCUT2D eigenvalue weighted by atomic mass is 10.1. The lowest BCUT2D eigenvalue weighted by Crippen LogP contribution is -2.31. The van der Waals surface area contributed by atoms with E-state index in [-0.39, 0.29) is 0 Å². The predicted molar refractivity (Wildman–Crippen MR) is 106 cm³/mol. The molecule has 132 valence electrons. The number of hydrogen-bond donors (Lipinski definition) is 1. The molecule has 0 unspecified atom stereocenters. The van der Waals surface area contributed by atoms with Crippen LogP contribution < -0.4 is 10.6 Å². The van der Waals surface area contributed by atoms with Crippen LogP contribution in [0.4, 0.5) is 16.2 Å². The average Bonchev–Trinajstić information content (AvgIpc) is 2.66. The molecule has 26 heavy (non-hydrogen) atoms. The summed E-state index contributed by atoms with van der Waals surface area (Å²) < 4.78 is 0. The first kappa shape index (κ1) is 17.7. The summed E-state index contributed by atoms with van der Waals surface area (Å²) in [6, 6.07) is 19.4. The van der Waals surface area contributed by atoms with E-state index in [1.807, 2.05) is 60.7 Å². The molecule has 0 aliphatic carbocycles. The second-order valence-corrected chi connectivity index (χ2v) is 6.29. The Balaban J connectivity index is 1.81. The molecule has 0 spiro atoms. The number of amides is 2. The van der Waals surface area contributed by atoms with Crippen LogP contribution in [0.3, 0.4) is 0 Å². The molecule has 0 aliphatic heterocycles. The van der Waals surface area contributed by atoms with Gasteiger partial charge in [-0.1, -0.05) is 37.6 Å². The maximum absolute atomic E-state index is 12.0. The number of urea groups is 1. The largest absolute Gasteiger partial charge is 0.351 e. The summed E-state index contributed by atoms with van der Waals surface area (Å²) in [5.74, 6) is 0. The van der Waals surface area contributed by atoms with E-state index in [4.69, 9.17) is 5.73 Å². The minimum atomic E-state index is -0.491. The summed E-state index contributed by atoms with van der Waals surface area (Å²) in [7, 11) is 0. The Morgan fingerprint density at radius 1 is 0.846 bits per heavy atom. The molecule has 2 amide bonds. The van der Waals surface area contributed by atoms with Gasteiger partial charge >= 0.3 is 6.03 Å². The van der Waals surface area contributed by atoms with Crippen LogP contribution in [-0.2, 0) is 12.8 Å². The van der Waals surface area contributed by atoms with E-state index >= 15 is 0 Å². The Bertz CT molecular complexity index is 843. The summed E-state index contributed by atoms with van der Waals surface area (Å²) in [5.41, 5.74) is 10.8. The number of aryl methyl sites for hydroxylation is 1. The van der Waals surface area contributed by atoms with Crippen molar-refractivity contribution in [2.75, 3.05) is 4.90 Å². The molecule has 3 aromatic rings. The third-order valence-corrected chi connectivity index (χ3v) is 4.31. The Labute approximate surface area is 154 Å². The molecule has 1 heterocycles. The van der Waals surface area contributed by atoms with Gasteiger partial charge in [0.1, 0.15) is 0 Å². The van der Waals surface area contributed by atoms with Gasteiger partial charge in [-0.25, -0.2) is 4.79 Å². The van der Waals surface area contributed by atoms with E-state index in [0.717, 1.165) is 30.6 Å². The fraction of sp³-hybridized carbons (Fsp3) is 0.182. The topological polar surface area (TPSA) is 59.2 Å². The van der Waals surface area contributed by atoms with Crippen LogP contribution in [0.5, 0.6) is 0 Å². The highest BCUT2D eigenvalue weighted by Gasteiger charge is 2.15. The van der Waals surface area contributed by atoms with E-state index in [2.05, 4.69) is 11.9 Å². The summed E-state index contributed by atoms with van der Waals surface area (Å²) in [4.78, 5) is 17.6. The zero-order valence-corrected chi connectivity index (χ0v) is 14.9. The molecule has 0 bridgehead atoms. The van der Waals surface area contributed by atoms with Crippen molar-refractivity contribution in [1.82, 2.24) is 4.98 Å². The maximum atomic E-state index is 12.0. The van der Waals surface area contributed by atoms with Crippen LogP contribution >= 0.6 is 0 Å². The summed E-state index contributed by atoms with van der Waals surface area (Å²) in [6.07, 6.45) is 6.53. The predicted octanol–water partition coefficient (Wildman–Crippen LogP) is 4.84. The number of nitrogens with two attached hydrogens (primary N) is 1. The molecule has 0 radical (unpaired) electrons. The van der Waals surface area contributed by atoms with Crippen LogP contribution in [0.25, 0.3) is 0 Å². The van der Waals surface area contributed by atoms with Gasteiger partial charge in [0, 0.05) is 12.4 Å². The van der Waals surface area contributed by atoms with Crippen LogP contribution in [0, 0.1) is 0 Å². The van der Waals surface area contributed by atoms with Crippen molar-refractivity contribution in [2.45, 2.75) is 26.2 Å². The van der Waals surface area contributed by atoms with Crippen molar-refractivity contribution in [3.63, 3.8) is 0 Å². The Morgan fingerprint density at radius 2 is 1.35 bits per heavy atom. The van der Waals surface area contributed by atoms with Crippen molar-refractivity contribution in [1.29, 1.82) is 0 Å². The van der Waals surface area contributed by atoms with Gasteiger partial charge in [-0.2, -0.15) is 0 Å². The summed E-state index contributed by atoms with van der Waals surface area (Å²) in [6.45, 7) is 2.15. The molecule has 3 rings (SSSR count). The maximum Gasteiger partial charge on any atom is 0.323 e. The Morgan fingerprint density at radius 3 is 1.85 bits per heavy atom. The third-order valence-electron chi connectivity index (χ3n) is 4.31. The molecule has 0 fully saturated rings. The van der Waals surface area contributed by atoms with Crippen molar-refractivity contribution >= 4 is 17.4 Å². The van der Waals surface area contributed by atoms with Gasteiger partial charge in [0.05, 0.1) is 11.4 Å². The van der Waals surface area contributed by atoms with Gasteiger partial charge in [-0.3, -0.25) is 9.88 Å². The van der Waals surface area contributed by atoms with E-state index in [9.17, 15) is 4.79 Å². The van der Waals surface area contributed by atoms with Crippen LogP contribution in [0.2, 0.25) is 0 Å². The zero-order chi connectivity index (χ0) is 18.4. The van der Waals surface area contributed by atoms with Crippen LogP contribution in [0.15, 0.2) is 73.1 Å².